The first-order chi connectivity index (χ1) is 17.8. The molecule has 37 heavy (non-hydrogen) atoms. The smallest absolute Gasteiger partial charge is 0.258 e. The first-order valence-electron chi connectivity index (χ1n) is 12.5. The highest BCUT2D eigenvalue weighted by Crippen LogP contribution is 2.30. The fourth-order valence-corrected chi connectivity index (χ4v) is 4.78. The lowest BCUT2D eigenvalue weighted by Gasteiger charge is -2.35. The molecule has 0 radical (unpaired) electrons. The number of piperidine rings is 1. The van der Waals surface area contributed by atoms with Gasteiger partial charge in [-0.2, -0.15) is 0 Å². The summed E-state index contributed by atoms with van der Waals surface area (Å²) < 4.78 is 1.76. The molecule has 1 fully saturated rings. The highest BCUT2D eigenvalue weighted by Gasteiger charge is 2.23. The molecule has 0 spiro atoms. The van der Waals surface area contributed by atoms with Crippen molar-refractivity contribution in [3.05, 3.63) is 47.0 Å². The third-order valence-electron chi connectivity index (χ3n) is 6.57. The van der Waals surface area contributed by atoms with Crippen LogP contribution in [0.2, 0.25) is 0 Å². The van der Waals surface area contributed by atoms with E-state index in [2.05, 4.69) is 42.7 Å². The van der Waals surface area contributed by atoms with E-state index in [1.807, 2.05) is 13.0 Å². The van der Waals surface area contributed by atoms with Crippen LogP contribution in [0.3, 0.4) is 0 Å². The average Bonchev–Trinajstić information content (AvgIpc) is 3.28. The van der Waals surface area contributed by atoms with Crippen LogP contribution in [-0.4, -0.2) is 72.2 Å². The van der Waals surface area contributed by atoms with Gasteiger partial charge in [-0.25, -0.2) is 4.98 Å². The number of anilines is 3. The zero-order valence-electron chi connectivity index (χ0n) is 21.8. The number of hydrogen-bond acceptors (Lipinski definition) is 8. The number of carbonyl (C=O) groups excluding carboxylic acids is 2. The van der Waals surface area contributed by atoms with Crippen LogP contribution in [0.5, 0.6) is 0 Å². The fraction of sp³-hybridized carbons (Fsp3) is 0.423. The maximum Gasteiger partial charge on any atom is 0.258 e. The predicted molar refractivity (Wildman–Crippen MR) is 147 cm³/mol. The van der Waals surface area contributed by atoms with Gasteiger partial charge in [-0.05, 0) is 38.4 Å². The monoisotopic (exact) mass is 505 g/mol. The lowest BCUT2D eigenvalue weighted by molar-refractivity contribution is -0.120. The predicted octanol–water partition coefficient (Wildman–Crippen LogP) is 1.79. The zero-order valence-corrected chi connectivity index (χ0v) is 21.8. The van der Waals surface area contributed by atoms with Crippen LogP contribution in [0, 0.1) is 6.92 Å². The first-order valence-corrected chi connectivity index (χ1v) is 12.5. The molecule has 0 bridgehead atoms. The number of nitrogen functional groups attached to an aromatic ring is 1. The van der Waals surface area contributed by atoms with Crippen LogP contribution in [-0.2, 0) is 11.2 Å². The van der Waals surface area contributed by atoms with Gasteiger partial charge in [0.05, 0.1) is 35.3 Å². The van der Waals surface area contributed by atoms with Gasteiger partial charge in [-0.15, -0.1) is 0 Å². The van der Waals surface area contributed by atoms with Crippen LogP contribution in [0.15, 0.2) is 29.5 Å². The molecule has 1 saturated heterocycles. The Morgan fingerprint density at radius 1 is 1.22 bits per heavy atom. The second kappa shape index (κ2) is 11.4. The van der Waals surface area contributed by atoms with Gasteiger partial charge < -0.3 is 31.0 Å². The summed E-state index contributed by atoms with van der Waals surface area (Å²) >= 11 is 0. The maximum absolute atomic E-state index is 13.3. The lowest BCUT2D eigenvalue weighted by Crippen LogP contribution is -2.42. The molecule has 1 aromatic carbocycles. The molecule has 0 aliphatic carbocycles. The molecular weight excluding hydrogens is 470 g/mol. The Kier molecular flexibility index (Phi) is 8.02. The van der Waals surface area contributed by atoms with Crippen molar-refractivity contribution in [1.29, 1.82) is 0 Å². The van der Waals surface area contributed by atoms with Gasteiger partial charge in [-0.1, -0.05) is 6.92 Å². The Hall–Kier alpha value is -3.99. The number of nitrogens with two attached hydrogens (primary N) is 1. The van der Waals surface area contributed by atoms with Gasteiger partial charge in [-0.3, -0.25) is 19.6 Å². The number of aryl methyl sites for hydroxylation is 1. The van der Waals surface area contributed by atoms with E-state index in [0.29, 0.717) is 34.5 Å². The minimum atomic E-state index is -0.374. The summed E-state index contributed by atoms with van der Waals surface area (Å²) in [5, 5.41) is 8.97. The molecule has 0 atom stereocenters. The molecule has 4 rings (SSSR count). The Balaban J connectivity index is 1.59. The Labute approximate surface area is 216 Å². The first kappa shape index (κ1) is 26.1. The molecule has 0 saturated carbocycles. The van der Waals surface area contributed by atoms with Gasteiger partial charge >= 0.3 is 0 Å². The fourth-order valence-electron chi connectivity index (χ4n) is 4.78. The lowest BCUT2D eigenvalue weighted by atomic mass is 10.00. The van der Waals surface area contributed by atoms with Crippen LogP contribution in [0.4, 0.5) is 17.2 Å². The quantitative estimate of drug-likeness (QED) is 0.270. The van der Waals surface area contributed by atoms with E-state index in [-0.39, 0.29) is 18.2 Å². The van der Waals surface area contributed by atoms with E-state index < -0.39 is 0 Å². The summed E-state index contributed by atoms with van der Waals surface area (Å²) in [5.74, 6) is -0.200. The number of carbonyl (C=O) groups is 2. The summed E-state index contributed by atoms with van der Waals surface area (Å²) in [6, 6.07) is 4.21. The molecule has 11 nitrogen and oxygen atoms in total. The van der Waals surface area contributed by atoms with Crippen LogP contribution in [0.25, 0.3) is 5.65 Å². The third-order valence-corrected chi connectivity index (χ3v) is 6.57. The van der Waals surface area contributed by atoms with E-state index in [0.717, 1.165) is 49.4 Å². The van der Waals surface area contributed by atoms with Gasteiger partial charge in [0.25, 0.3) is 5.91 Å². The van der Waals surface area contributed by atoms with Gasteiger partial charge in [0, 0.05) is 56.9 Å². The standard InChI is InChI=1S/C26H35N9O2/c1-5-30-17-8-10-34(11-9-17)21-7-6-18(24(27)19(21)13-28-3)26(37)33-22-15-35-14-16(2)31-20(25(35)32-22)12-23(36)29-4/h6-7,13-15,17,30H,5,8-12,27H2,1-4H3,(H,29,36)(H,33,37). The van der Waals surface area contributed by atoms with E-state index >= 15 is 0 Å². The molecule has 2 aromatic heterocycles. The summed E-state index contributed by atoms with van der Waals surface area (Å²) in [7, 11) is 3.27. The summed E-state index contributed by atoms with van der Waals surface area (Å²) in [6.07, 6.45) is 7.38. The number of rotatable bonds is 8. The average molecular weight is 506 g/mol. The minimum absolute atomic E-state index is 0.0892. The maximum atomic E-state index is 13.3. The van der Waals surface area contributed by atoms with Crippen molar-refractivity contribution in [3.8, 4) is 0 Å². The van der Waals surface area contributed by atoms with E-state index in [1.54, 1.807) is 43.2 Å². The Bertz CT molecular complexity index is 1320. The van der Waals surface area contributed by atoms with Crippen molar-refractivity contribution in [1.82, 2.24) is 25.0 Å². The van der Waals surface area contributed by atoms with Crippen molar-refractivity contribution in [2.75, 3.05) is 49.7 Å². The number of imidazole rings is 1. The summed E-state index contributed by atoms with van der Waals surface area (Å²) in [4.78, 5) is 40.7. The summed E-state index contributed by atoms with van der Waals surface area (Å²) in [6.45, 7) is 6.74. The van der Waals surface area contributed by atoms with Gasteiger partial charge in [0.1, 0.15) is 0 Å². The zero-order chi connectivity index (χ0) is 26.5. The largest absolute Gasteiger partial charge is 0.397 e. The van der Waals surface area contributed by atoms with E-state index in [9.17, 15) is 9.59 Å². The molecular formula is C26H35N9O2. The molecule has 5 N–H and O–H groups in total. The summed E-state index contributed by atoms with van der Waals surface area (Å²) in [5.41, 5.74) is 10.7. The number of nitrogens with zero attached hydrogens (tertiary/aromatic N) is 5. The van der Waals surface area contributed by atoms with E-state index in [4.69, 9.17) is 5.73 Å². The van der Waals surface area contributed by atoms with Crippen LogP contribution >= 0.6 is 0 Å². The van der Waals surface area contributed by atoms with Crippen molar-refractivity contribution in [2.24, 2.45) is 4.99 Å². The third kappa shape index (κ3) is 5.72. The molecule has 1 aliphatic rings. The molecule has 3 heterocycles. The molecule has 0 unspecified atom stereocenters. The topological polar surface area (TPSA) is 142 Å². The molecule has 196 valence electrons. The van der Waals surface area contributed by atoms with Gasteiger partial charge in [0.2, 0.25) is 5.91 Å². The highest BCUT2D eigenvalue weighted by atomic mass is 16.2. The van der Waals surface area contributed by atoms with Crippen molar-refractivity contribution >= 4 is 40.9 Å². The molecule has 1 aliphatic heterocycles. The van der Waals surface area contributed by atoms with Crippen molar-refractivity contribution in [3.63, 3.8) is 0 Å². The minimum Gasteiger partial charge on any atom is -0.397 e. The highest BCUT2D eigenvalue weighted by molar-refractivity contribution is 6.11. The van der Waals surface area contributed by atoms with Crippen molar-refractivity contribution in [2.45, 2.75) is 39.2 Å². The second-order valence-corrected chi connectivity index (χ2v) is 9.16. The number of amides is 2. The second-order valence-electron chi connectivity index (χ2n) is 9.16. The van der Waals surface area contributed by atoms with Crippen LogP contribution < -0.4 is 26.6 Å². The number of fused-ring (bicyclic) bond motifs is 1. The molecule has 3 aromatic rings. The van der Waals surface area contributed by atoms with Gasteiger partial charge in [0.15, 0.2) is 11.5 Å². The van der Waals surface area contributed by atoms with E-state index in [1.165, 1.54) is 0 Å². The number of nitrogens with one attached hydrogen (secondary N) is 3. The molecule has 11 heteroatoms. The number of benzene rings is 1. The Morgan fingerprint density at radius 3 is 2.65 bits per heavy atom. The SMILES string of the molecule is CCNC1CCN(c2ccc(C(=O)Nc3cn4cc(C)nc(CC(=O)NC)c4n3)c(N)c2C=NC)CC1. The van der Waals surface area contributed by atoms with Crippen LogP contribution in [0.1, 0.15) is 47.1 Å². The Morgan fingerprint density at radius 2 is 1.97 bits per heavy atom. The number of aliphatic imine (C=N–C) groups is 1. The normalized spacial score (nSPS) is 14.4. The van der Waals surface area contributed by atoms with Crippen molar-refractivity contribution < 1.29 is 9.59 Å². The number of aromatic nitrogens is 3. The molecule has 2 amide bonds. The number of likely N-dealkylation sites (N-methyl/N-ethyl adjacent to an activating group) is 1. The number of hydrogen-bond donors (Lipinski definition) is 4.